The molecule has 2 aromatic heterocycles. The minimum Gasteiger partial charge on any atom is -0.477 e. The molecule has 62 heavy (non-hydrogen) atoms. The van der Waals surface area contributed by atoms with Crippen molar-refractivity contribution in [1.29, 1.82) is 0 Å². The molecule has 2 N–H and O–H groups in total. The van der Waals surface area contributed by atoms with Crippen molar-refractivity contribution < 1.29 is 27.9 Å². The number of amides is 3. The molecule has 14 nitrogen and oxygen atoms in total. The molecule has 4 fully saturated rings. The van der Waals surface area contributed by atoms with Gasteiger partial charge in [0.2, 0.25) is 23.7 Å². The monoisotopic (exact) mass is 846 g/mol. The number of carbonyl (C=O) groups excluding carboxylic acids is 3. The second-order valence-electron chi connectivity index (χ2n) is 18.0. The number of aromatic nitrogens is 3. The van der Waals surface area contributed by atoms with Crippen LogP contribution in [0.15, 0.2) is 53.7 Å². The zero-order chi connectivity index (χ0) is 42.9. The fourth-order valence-corrected chi connectivity index (χ4v) is 10.3. The molecule has 2 aromatic carbocycles. The lowest BCUT2D eigenvalue weighted by Crippen LogP contribution is -2.59. The quantitative estimate of drug-likeness (QED) is 0.229. The van der Waals surface area contributed by atoms with E-state index in [1.807, 2.05) is 18.9 Å². The zero-order valence-corrected chi connectivity index (χ0v) is 35.4. The molecule has 10 rings (SSSR count). The Labute approximate surface area is 359 Å². The molecule has 0 radical (unpaired) electrons. The molecule has 1 spiro atoms. The van der Waals surface area contributed by atoms with Crippen LogP contribution in [0.4, 0.5) is 31.5 Å². The van der Waals surface area contributed by atoms with E-state index in [1.165, 1.54) is 12.1 Å². The molecule has 2 atom stereocenters. The average Bonchev–Trinajstić information content (AvgIpc) is 3.79. The van der Waals surface area contributed by atoms with Gasteiger partial charge in [-0.2, -0.15) is 10.1 Å². The number of benzene rings is 2. The summed E-state index contributed by atoms with van der Waals surface area (Å²) in [5, 5.41) is 10.1. The number of anilines is 4. The highest BCUT2D eigenvalue weighted by atomic mass is 19.1. The van der Waals surface area contributed by atoms with E-state index in [1.54, 1.807) is 23.0 Å². The van der Waals surface area contributed by atoms with Gasteiger partial charge in [-0.25, -0.2) is 13.5 Å². The van der Waals surface area contributed by atoms with Gasteiger partial charge in [-0.05, 0) is 100 Å². The number of nitrogens with zero attached hydrogens (tertiary/aromatic N) is 8. The van der Waals surface area contributed by atoms with E-state index in [0.29, 0.717) is 66.8 Å². The van der Waals surface area contributed by atoms with Crippen molar-refractivity contribution in [3.63, 3.8) is 0 Å². The summed E-state index contributed by atoms with van der Waals surface area (Å²) in [4.78, 5) is 56.8. The van der Waals surface area contributed by atoms with Crippen LogP contribution in [-0.4, -0.2) is 101 Å². The van der Waals surface area contributed by atoms with Gasteiger partial charge < -0.3 is 24.8 Å². The first kappa shape index (κ1) is 40.2. The van der Waals surface area contributed by atoms with Crippen molar-refractivity contribution >= 4 is 46.4 Å². The Bertz CT molecular complexity index is 2470. The van der Waals surface area contributed by atoms with E-state index in [-0.39, 0.29) is 35.8 Å². The number of ether oxygens (including phenoxy) is 1. The number of imide groups is 1. The summed E-state index contributed by atoms with van der Waals surface area (Å²) < 4.78 is 38.7. The Morgan fingerprint density at radius 2 is 1.69 bits per heavy atom. The fourth-order valence-electron chi connectivity index (χ4n) is 10.3. The van der Waals surface area contributed by atoms with Crippen LogP contribution < -0.4 is 30.1 Å². The summed E-state index contributed by atoms with van der Waals surface area (Å²) in [6.07, 6.45) is 7.61. The van der Waals surface area contributed by atoms with Gasteiger partial charge in [-0.3, -0.25) is 29.6 Å². The minimum absolute atomic E-state index is 0.0368. The maximum Gasteiger partial charge on any atom is 0.280 e. The number of carbonyl (C=O) groups is 3. The van der Waals surface area contributed by atoms with Gasteiger partial charge in [0.15, 0.2) is 0 Å². The second kappa shape index (κ2) is 15.8. The molecule has 5 aliphatic heterocycles. The third-order valence-corrected chi connectivity index (χ3v) is 13.7. The molecular weight excluding hydrogens is 795 g/mol. The first-order chi connectivity index (χ1) is 29.9. The molecule has 3 amide bonds. The van der Waals surface area contributed by atoms with Gasteiger partial charge in [0.25, 0.3) is 5.91 Å². The zero-order valence-electron chi connectivity index (χ0n) is 35.4. The van der Waals surface area contributed by atoms with Crippen LogP contribution in [0.3, 0.4) is 0 Å². The van der Waals surface area contributed by atoms with E-state index in [0.717, 1.165) is 80.8 Å². The lowest BCUT2D eigenvalue weighted by Gasteiger charge is -2.48. The number of aliphatic imine (C=N–C) groups is 1. The van der Waals surface area contributed by atoms with Crippen LogP contribution in [0.25, 0.3) is 11.3 Å². The van der Waals surface area contributed by atoms with Crippen LogP contribution in [0, 0.1) is 24.5 Å². The van der Waals surface area contributed by atoms with Gasteiger partial charge in [-0.15, -0.1) is 0 Å². The number of aryl methyl sites for hydroxylation is 2. The molecule has 7 heterocycles. The highest BCUT2D eigenvalue weighted by molar-refractivity contribution is 6.19. The molecule has 1 saturated carbocycles. The van der Waals surface area contributed by atoms with Crippen molar-refractivity contribution in [2.24, 2.45) is 18.0 Å². The number of hydrogen-bond acceptors (Lipinski definition) is 11. The normalized spacial score (nSPS) is 23.9. The number of pyridine rings is 1. The molecule has 3 saturated heterocycles. The smallest absolute Gasteiger partial charge is 0.280 e. The molecule has 6 aliphatic rings. The molecule has 0 unspecified atom stereocenters. The van der Waals surface area contributed by atoms with Crippen LogP contribution in [0.2, 0.25) is 0 Å². The highest BCUT2D eigenvalue weighted by Crippen LogP contribution is 2.49. The molecule has 2 bridgehead atoms. The molecule has 324 valence electrons. The summed E-state index contributed by atoms with van der Waals surface area (Å²) in [5.41, 5.74) is 5.85. The SMILES string of the molecule is Cc1cc2cc(n1)-c1cnn(C)c1OCCC[C@@H](C)CN1/C(=N/C2=O)Nc2ccc(N3CCN(C4CCN(c5cc(F)c([C@H]6CCC(=O)NC6=O)c(F)c5)CC4)CC34CC4)cc21. The van der Waals surface area contributed by atoms with Crippen molar-refractivity contribution in [2.45, 2.75) is 82.7 Å². The van der Waals surface area contributed by atoms with Crippen LogP contribution >= 0.6 is 0 Å². The maximum absolute atomic E-state index is 15.4. The number of halogens is 2. The van der Waals surface area contributed by atoms with Crippen molar-refractivity contribution in [1.82, 2.24) is 25.0 Å². The number of guanidine groups is 1. The van der Waals surface area contributed by atoms with Gasteiger partial charge >= 0.3 is 0 Å². The third kappa shape index (κ3) is 7.45. The summed E-state index contributed by atoms with van der Waals surface area (Å²) >= 11 is 0. The Morgan fingerprint density at radius 3 is 2.45 bits per heavy atom. The van der Waals surface area contributed by atoms with Crippen LogP contribution in [0.1, 0.15) is 85.8 Å². The van der Waals surface area contributed by atoms with Crippen molar-refractivity contribution in [3.05, 3.63) is 77.1 Å². The molecule has 4 aromatic rings. The largest absolute Gasteiger partial charge is 0.477 e. The van der Waals surface area contributed by atoms with Gasteiger partial charge in [-0.1, -0.05) is 6.92 Å². The predicted octanol–water partition coefficient (Wildman–Crippen LogP) is 6.15. The summed E-state index contributed by atoms with van der Waals surface area (Å²) in [5.74, 6) is -2.51. The number of fused-ring (bicyclic) bond motifs is 7. The number of piperidine rings is 2. The van der Waals surface area contributed by atoms with Gasteiger partial charge in [0.05, 0.1) is 46.9 Å². The lowest BCUT2D eigenvalue weighted by molar-refractivity contribution is -0.134. The number of nitrogens with one attached hydrogen (secondary N) is 2. The van der Waals surface area contributed by atoms with Crippen molar-refractivity contribution in [3.8, 4) is 17.1 Å². The summed E-state index contributed by atoms with van der Waals surface area (Å²) in [6, 6.07) is 13.1. The topological polar surface area (TPSA) is 141 Å². The summed E-state index contributed by atoms with van der Waals surface area (Å²) in [7, 11) is 1.84. The Balaban J connectivity index is 0.835. The molecule has 1 aliphatic carbocycles. The van der Waals surface area contributed by atoms with E-state index < -0.39 is 29.4 Å². The van der Waals surface area contributed by atoms with E-state index in [4.69, 9.17) is 14.7 Å². The van der Waals surface area contributed by atoms with Gasteiger partial charge in [0.1, 0.15) is 11.6 Å². The van der Waals surface area contributed by atoms with E-state index in [2.05, 4.69) is 55.6 Å². The van der Waals surface area contributed by atoms with Crippen LogP contribution in [-0.2, 0) is 16.6 Å². The lowest BCUT2D eigenvalue weighted by atomic mass is 9.89. The highest BCUT2D eigenvalue weighted by Gasteiger charge is 2.52. The molecule has 16 heteroatoms. The number of piperazine rings is 1. The van der Waals surface area contributed by atoms with Gasteiger partial charge in [0, 0.05) is 87.0 Å². The second-order valence-corrected chi connectivity index (χ2v) is 18.0. The molecular formula is C46H52F2N10O4. The van der Waals surface area contributed by atoms with E-state index in [9.17, 15) is 14.4 Å². The standard InChI is InChI=1S/C46H52F2N10O4/c1-27-5-4-18-62-44-34(24-49-54(44)3)38-20-29(19-28(2)50-38)42(60)53-45-51-37-8-6-31(23-39(37)57(45)25-27)58-17-16-56(26-46(58)12-13-46)30-10-14-55(15-11-30)32-21-35(47)41(36(48)22-32)33-7-9-40(59)52-43(33)61/h6,8,19-24,27,30,33H,4-5,7,9-18,25-26H2,1-3H3,(H,51,53,60)(H,52,59,61)/t27-,33-/m1/s1. The number of hydrogen-bond donors (Lipinski definition) is 2. The predicted molar refractivity (Wildman–Crippen MR) is 232 cm³/mol. The Hall–Kier alpha value is -5.90. The summed E-state index contributed by atoms with van der Waals surface area (Å²) in [6.45, 7) is 9.39. The van der Waals surface area contributed by atoms with Crippen molar-refractivity contribution in [2.75, 3.05) is 65.9 Å². The fraction of sp³-hybridized carbons (Fsp3) is 0.478. The first-order valence-corrected chi connectivity index (χ1v) is 22.0. The van der Waals surface area contributed by atoms with E-state index >= 15 is 8.78 Å². The first-order valence-electron chi connectivity index (χ1n) is 22.0. The Kier molecular flexibility index (Phi) is 10.2. The minimum atomic E-state index is -1.01. The van der Waals surface area contributed by atoms with Crippen LogP contribution in [0.5, 0.6) is 5.88 Å². The number of rotatable bonds is 4. The Morgan fingerprint density at radius 1 is 0.903 bits per heavy atom. The maximum atomic E-state index is 15.4. The average molecular weight is 847 g/mol. The third-order valence-electron chi connectivity index (χ3n) is 13.7.